The van der Waals surface area contributed by atoms with E-state index in [2.05, 4.69) is 26.3 Å². The maximum absolute atomic E-state index is 12.9. The fourth-order valence-corrected chi connectivity index (χ4v) is 5.27. The summed E-state index contributed by atoms with van der Waals surface area (Å²) in [6.07, 6.45) is -3.36. The molecule has 18 heteroatoms. The zero-order chi connectivity index (χ0) is 31.1. The first-order valence-electron chi connectivity index (χ1n) is 14.5. The van der Waals surface area contributed by atoms with Crippen molar-refractivity contribution in [1.82, 2.24) is 26.6 Å². The lowest BCUT2D eigenvalue weighted by molar-refractivity contribution is -0.142. The first-order chi connectivity index (χ1) is 20.5. The van der Waals surface area contributed by atoms with Crippen molar-refractivity contribution in [1.29, 1.82) is 0 Å². The van der Waals surface area contributed by atoms with Crippen LogP contribution in [0.3, 0.4) is 0 Å². The molecule has 4 rings (SSSR count). The molecule has 4 aliphatic rings. The fraction of sp³-hybridized carbons (Fsp3) is 0.840. The molecule has 0 bridgehead atoms. The summed E-state index contributed by atoms with van der Waals surface area (Å²) in [5, 5.41) is 44.7. The highest BCUT2D eigenvalue weighted by Gasteiger charge is 2.52. The van der Waals surface area contributed by atoms with Crippen molar-refractivity contribution < 1.29 is 48.7 Å². The second-order valence-electron chi connectivity index (χ2n) is 11.2. The van der Waals surface area contributed by atoms with Gasteiger partial charge < -0.3 is 67.0 Å². The first kappa shape index (κ1) is 33.2. The minimum atomic E-state index is -1.96. The van der Waals surface area contributed by atoms with Crippen LogP contribution >= 0.6 is 0 Å². The number of aliphatic hydroxyl groups excluding tert-OH is 2. The molecule has 0 radical (unpaired) electrons. The molecule has 0 unspecified atom stereocenters. The number of carbonyl (C=O) groups excluding carboxylic acids is 3. The minimum Gasteiger partial charge on any atom is -0.391 e. The Hall–Kier alpha value is -2.68. The van der Waals surface area contributed by atoms with E-state index < -0.39 is 78.5 Å². The monoisotopic (exact) mass is 616 g/mol. The molecule has 3 saturated heterocycles. The highest BCUT2D eigenvalue weighted by Crippen LogP contribution is 2.29. The largest absolute Gasteiger partial charge is 0.391 e. The Bertz CT molecular complexity index is 1020. The van der Waals surface area contributed by atoms with Gasteiger partial charge in [0.2, 0.25) is 5.91 Å². The van der Waals surface area contributed by atoms with Gasteiger partial charge in [-0.2, -0.15) is 0 Å². The summed E-state index contributed by atoms with van der Waals surface area (Å²) in [7, 11) is 0. The number of imide groups is 1. The predicted molar refractivity (Wildman–Crippen MR) is 148 cm³/mol. The molecule has 4 amide bonds. The molecule has 4 heterocycles. The van der Waals surface area contributed by atoms with Gasteiger partial charge in [0.1, 0.15) is 24.4 Å². The van der Waals surface area contributed by atoms with E-state index in [1.165, 1.54) is 0 Å². The smallest absolute Gasteiger partial charge is 0.321 e. The van der Waals surface area contributed by atoms with Crippen LogP contribution in [0.1, 0.15) is 32.6 Å². The van der Waals surface area contributed by atoms with E-state index in [4.69, 9.17) is 30.4 Å². The van der Waals surface area contributed by atoms with Gasteiger partial charge in [-0.15, -0.1) is 0 Å². The number of hydrogen-bond donors (Lipinski definition) is 10. The number of hydrogen-bond acceptors (Lipinski definition) is 15. The Morgan fingerprint density at radius 3 is 2.84 bits per heavy atom. The average molecular weight is 617 g/mol. The molecule has 3 fully saturated rings. The van der Waals surface area contributed by atoms with Gasteiger partial charge >= 0.3 is 6.03 Å². The van der Waals surface area contributed by atoms with Crippen molar-refractivity contribution in [2.45, 2.75) is 93.3 Å². The molecule has 0 aromatic heterocycles. The number of ether oxygens (including phenoxy) is 4. The van der Waals surface area contributed by atoms with Crippen LogP contribution in [0.4, 0.5) is 4.79 Å². The van der Waals surface area contributed by atoms with Gasteiger partial charge in [-0.3, -0.25) is 19.9 Å². The van der Waals surface area contributed by atoms with Crippen molar-refractivity contribution in [2.75, 3.05) is 39.5 Å². The van der Waals surface area contributed by atoms with Gasteiger partial charge in [0.05, 0.1) is 45.1 Å². The highest BCUT2D eigenvalue weighted by atomic mass is 16.7. The fourth-order valence-electron chi connectivity index (χ4n) is 5.27. The number of β-amino-alcohol motifs (C(OH)–C–C–N with tert-alkyl or cyclic N) is 1. The summed E-state index contributed by atoms with van der Waals surface area (Å²) in [6.45, 7) is 2.35. The molecule has 244 valence electrons. The number of nitrogens with one attached hydrogen (secondary N) is 5. The first-order valence-corrected chi connectivity index (χ1v) is 14.5. The number of rotatable bonds is 14. The number of aliphatic imine (C=N–C) groups is 1. The van der Waals surface area contributed by atoms with Gasteiger partial charge in [-0.25, -0.2) is 4.79 Å². The molecular weight excluding hydrogens is 572 g/mol. The Morgan fingerprint density at radius 2 is 2.12 bits per heavy atom. The number of nitrogens with two attached hydrogens (primary N) is 2. The summed E-state index contributed by atoms with van der Waals surface area (Å²) < 4.78 is 23.2. The maximum Gasteiger partial charge on any atom is 0.321 e. The van der Waals surface area contributed by atoms with E-state index in [-0.39, 0.29) is 38.7 Å². The van der Waals surface area contributed by atoms with Gasteiger partial charge in [0.15, 0.2) is 24.1 Å². The molecule has 18 nitrogen and oxygen atoms in total. The van der Waals surface area contributed by atoms with Crippen LogP contribution < -0.4 is 38.1 Å². The number of urea groups is 1. The van der Waals surface area contributed by atoms with Crippen LogP contribution in [0.5, 0.6) is 0 Å². The average Bonchev–Trinajstić information content (AvgIpc) is 3.69. The lowest BCUT2D eigenvalue weighted by Gasteiger charge is -2.35. The van der Waals surface area contributed by atoms with E-state index in [9.17, 15) is 29.7 Å². The third-order valence-electron chi connectivity index (χ3n) is 7.62. The molecule has 0 spiro atoms. The Morgan fingerprint density at radius 1 is 1.33 bits per heavy atom. The van der Waals surface area contributed by atoms with Crippen LogP contribution in [0.25, 0.3) is 0 Å². The van der Waals surface area contributed by atoms with Crippen molar-refractivity contribution in [2.24, 2.45) is 16.5 Å². The Kier molecular flexibility index (Phi) is 11.5. The van der Waals surface area contributed by atoms with E-state index in [0.29, 0.717) is 32.4 Å². The lowest BCUT2D eigenvalue weighted by Crippen LogP contribution is -2.71. The number of nitrogens with zero attached hydrogens (tertiary/aromatic N) is 1. The van der Waals surface area contributed by atoms with Crippen LogP contribution in [0.2, 0.25) is 0 Å². The zero-order valence-corrected chi connectivity index (χ0v) is 24.1. The van der Waals surface area contributed by atoms with Crippen LogP contribution in [0, 0.1) is 0 Å². The topological polar surface area (TPSA) is 273 Å². The second-order valence-corrected chi connectivity index (χ2v) is 11.2. The summed E-state index contributed by atoms with van der Waals surface area (Å²) in [5.74, 6) is -1.11. The summed E-state index contributed by atoms with van der Waals surface area (Å²) >= 11 is 0. The number of guanidine groups is 1. The number of aliphatic hydroxyl groups is 3. The summed E-state index contributed by atoms with van der Waals surface area (Å²) in [6, 6.07) is -2.96. The molecule has 4 aliphatic heterocycles. The summed E-state index contributed by atoms with van der Waals surface area (Å²) in [5.41, 5.74) is 9.64. The van der Waals surface area contributed by atoms with E-state index in [0.717, 1.165) is 0 Å². The normalized spacial score (nSPS) is 35.5. The van der Waals surface area contributed by atoms with Crippen molar-refractivity contribution in [3.63, 3.8) is 0 Å². The predicted octanol–water partition coefficient (Wildman–Crippen LogP) is -4.97. The number of carbonyl (C=O) groups is 3. The number of amides is 4. The van der Waals surface area contributed by atoms with Gasteiger partial charge in [0, 0.05) is 18.9 Å². The van der Waals surface area contributed by atoms with Crippen molar-refractivity contribution in [3.05, 3.63) is 0 Å². The quantitative estimate of drug-likeness (QED) is 0.0819. The minimum absolute atomic E-state index is 0.00725. The van der Waals surface area contributed by atoms with Crippen LogP contribution in [-0.4, -0.2) is 139 Å². The van der Waals surface area contributed by atoms with E-state index in [1.807, 2.05) is 5.32 Å². The third kappa shape index (κ3) is 8.49. The van der Waals surface area contributed by atoms with Crippen molar-refractivity contribution in [3.8, 4) is 0 Å². The molecule has 12 N–H and O–H groups in total. The molecule has 0 aromatic carbocycles. The third-order valence-corrected chi connectivity index (χ3v) is 7.62. The Labute approximate surface area is 248 Å². The van der Waals surface area contributed by atoms with Crippen molar-refractivity contribution >= 4 is 23.8 Å². The molecule has 43 heavy (non-hydrogen) atoms. The Balaban J connectivity index is 1.38. The van der Waals surface area contributed by atoms with Gasteiger partial charge in [-0.05, 0) is 26.3 Å². The highest BCUT2D eigenvalue weighted by molar-refractivity contribution is 6.02. The molecule has 0 saturated carbocycles. The van der Waals surface area contributed by atoms with Crippen LogP contribution in [-0.2, 0) is 28.5 Å². The molecule has 10 atom stereocenters. The lowest BCUT2D eigenvalue weighted by atomic mass is 9.92. The van der Waals surface area contributed by atoms with Crippen LogP contribution in [0.15, 0.2) is 4.99 Å². The standard InChI is InChI=1S/C25H44N8O10/c1-12(34)9-40-6-4-17-41-10-14(42-17)20-19(36)18(31-16(35)7-13(27)3-2-5-26)21(43-20)32-23-28-8-15(30-23)25(39)11-29-24(38)33-22(25)37/h12-15,17-21,34,36,39H,2-11,26-27H2,1H3,(H,31,35)(H2,28,30,32)(H2,29,33,37,38)/t12-,13+,14+,15+,17+,18+,19+,20+,21+,25-/m0/s1. The summed E-state index contributed by atoms with van der Waals surface area (Å²) in [4.78, 5) is 41.0. The molecular formula is C25H44N8O10. The van der Waals surface area contributed by atoms with E-state index >= 15 is 0 Å². The SMILES string of the molecule is C[C@H](O)COCC[C@@H]1OC[C@H]([C@H]2O[C@@H](NC3=NC[C@H]([C@@]4(O)CNC(=O)NC4=O)N3)[C@H](NC(=O)C[C@H](N)CCCN)[C@H]2O)O1. The van der Waals surface area contributed by atoms with E-state index in [1.54, 1.807) is 6.92 Å². The van der Waals surface area contributed by atoms with Gasteiger partial charge in [-0.1, -0.05) is 0 Å². The molecule has 0 aliphatic carbocycles. The van der Waals surface area contributed by atoms with Gasteiger partial charge in [0.25, 0.3) is 5.91 Å². The zero-order valence-electron chi connectivity index (χ0n) is 24.1. The second kappa shape index (κ2) is 14.9. The maximum atomic E-state index is 12.9. The molecule has 0 aromatic rings.